The number of aromatic nitrogens is 4. The van der Waals surface area contributed by atoms with Crippen LogP contribution in [0.2, 0.25) is 0 Å². The Morgan fingerprint density at radius 1 is 0.435 bits per heavy atom. The normalized spacial score (nSPS) is 17.7. The SMILES string of the molecule is O=C(CCc1c[nH]c2ccccc12)OC1OC[C@@H](OC(=O)CCc2c[nH]c3ccccc23)[C@@H](OC(=O)CCc2c[nH]c3ccccc23)[C@H]1OC(=O)CCc1c[nH]c2ccccc12. The molecule has 4 N–H and O–H groups in total. The largest absolute Gasteiger partial charge is 0.456 e. The smallest absolute Gasteiger partial charge is 0.308 e. The number of aromatic amines is 4. The van der Waals surface area contributed by atoms with Crippen LogP contribution in [0.5, 0.6) is 0 Å². The Balaban J connectivity index is 0.946. The van der Waals surface area contributed by atoms with Crippen molar-refractivity contribution in [2.75, 3.05) is 6.61 Å². The van der Waals surface area contributed by atoms with Gasteiger partial charge in [0.05, 0.1) is 6.61 Å². The molecular formula is C49H46N4O9. The summed E-state index contributed by atoms with van der Waals surface area (Å²) < 4.78 is 30.2. The Kier molecular flexibility index (Phi) is 11.9. The highest BCUT2D eigenvalue weighted by molar-refractivity contribution is 5.86. The van der Waals surface area contributed by atoms with Crippen molar-refractivity contribution in [1.82, 2.24) is 19.9 Å². The van der Waals surface area contributed by atoms with Gasteiger partial charge < -0.3 is 43.6 Å². The van der Waals surface area contributed by atoms with Gasteiger partial charge in [-0.25, -0.2) is 0 Å². The first-order valence-electron chi connectivity index (χ1n) is 21.0. The molecule has 1 fully saturated rings. The zero-order chi connectivity index (χ0) is 42.4. The number of ether oxygens (including phenoxy) is 5. The van der Waals surface area contributed by atoms with Crippen molar-refractivity contribution in [3.63, 3.8) is 0 Å². The van der Waals surface area contributed by atoms with E-state index in [2.05, 4.69) is 19.9 Å². The van der Waals surface area contributed by atoms with Gasteiger partial charge in [0, 0.05) is 94.1 Å². The lowest BCUT2D eigenvalue weighted by Gasteiger charge is -2.40. The lowest BCUT2D eigenvalue weighted by molar-refractivity contribution is -0.275. The van der Waals surface area contributed by atoms with Crippen molar-refractivity contribution in [2.45, 2.75) is 76.0 Å². The second kappa shape index (κ2) is 18.2. The van der Waals surface area contributed by atoms with Gasteiger partial charge in [-0.3, -0.25) is 19.2 Å². The van der Waals surface area contributed by atoms with Gasteiger partial charge in [-0.05, 0) is 72.2 Å². The molecule has 1 unspecified atom stereocenters. The maximum atomic E-state index is 13.8. The molecule has 0 aliphatic carbocycles. The lowest BCUT2D eigenvalue weighted by Crippen LogP contribution is -2.58. The summed E-state index contributed by atoms with van der Waals surface area (Å²) in [6.07, 6.45) is 3.33. The van der Waals surface area contributed by atoms with E-state index in [1.807, 2.05) is 122 Å². The van der Waals surface area contributed by atoms with Crippen LogP contribution < -0.4 is 0 Å². The van der Waals surface area contributed by atoms with Gasteiger partial charge in [-0.1, -0.05) is 72.8 Å². The van der Waals surface area contributed by atoms with E-state index in [4.69, 9.17) is 23.7 Å². The van der Waals surface area contributed by atoms with Crippen LogP contribution in [-0.4, -0.2) is 75.0 Å². The molecule has 1 aliphatic heterocycles. The number of para-hydroxylation sites is 4. The van der Waals surface area contributed by atoms with Crippen molar-refractivity contribution in [2.24, 2.45) is 0 Å². The van der Waals surface area contributed by atoms with E-state index in [0.29, 0.717) is 25.7 Å². The standard InChI is InChI=1S/C49H46N4O9/c54-43(21-17-30-25-50-38-13-5-1-9-34(30)38)59-42-29-58-49(62-46(57)24-20-33-28-53-41-16-8-4-12-37(33)41)48(61-45(56)23-19-32-27-52-40-15-7-3-11-36(32)40)47(42)60-44(55)22-18-31-26-51-39-14-6-2-10-35(31)39/h1-16,25-28,42,47-53H,17-24,29H2/t42-,47-,48-,49?/m1/s1. The number of fused-ring (bicyclic) bond motifs is 4. The number of benzene rings is 4. The van der Waals surface area contributed by atoms with E-state index in [0.717, 1.165) is 65.9 Å². The van der Waals surface area contributed by atoms with Crippen LogP contribution in [-0.2, 0) is 68.5 Å². The van der Waals surface area contributed by atoms with Crippen LogP contribution in [0.4, 0.5) is 0 Å². The number of H-pyrrole nitrogens is 4. The number of aryl methyl sites for hydroxylation is 4. The topological polar surface area (TPSA) is 178 Å². The third kappa shape index (κ3) is 8.98. The van der Waals surface area contributed by atoms with Gasteiger partial charge >= 0.3 is 23.9 Å². The summed E-state index contributed by atoms with van der Waals surface area (Å²) in [6, 6.07) is 31.1. The second-order valence-corrected chi connectivity index (χ2v) is 15.6. The predicted octanol–water partition coefficient (Wildman–Crippen LogP) is 8.08. The predicted molar refractivity (Wildman–Crippen MR) is 232 cm³/mol. The molecule has 0 amide bonds. The number of esters is 4. The Labute approximate surface area is 356 Å². The number of carbonyl (C=O) groups excluding carboxylic acids is 4. The van der Waals surface area contributed by atoms with Crippen LogP contribution in [0, 0.1) is 0 Å². The summed E-state index contributed by atoms with van der Waals surface area (Å²) in [5.41, 5.74) is 7.49. The highest BCUT2D eigenvalue weighted by Gasteiger charge is 2.49. The zero-order valence-electron chi connectivity index (χ0n) is 33.9. The van der Waals surface area contributed by atoms with Gasteiger partial charge in [-0.15, -0.1) is 0 Å². The van der Waals surface area contributed by atoms with Crippen molar-refractivity contribution in [3.05, 3.63) is 144 Å². The molecule has 1 saturated heterocycles. The fraction of sp³-hybridized carbons (Fsp3) is 0.265. The summed E-state index contributed by atoms with van der Waals surface area (Å²) in [5, 5.41) is 3.95. The molecule has 8 aromatic rings. The molecular weight excluding hydrogens is 789 g/mol. The average molecular weight is 835 g/mol. The first-order chi connectivity index (χ1) is 30.4. The van der Waals surface area contributed by atoms with Gasteiger partial charge in [-0.2, -0.15) is 0 Å². The Hall–Kier alpha value is -7.12. The van der Waals surface area contributed by atoms with Crippen LogP contribution >= 0.6 is 0 Å². The molecule has 0 radical (unpaired) electrons. The highest BCUT2D eigenvalue weighted by atomic mass is 16.7. The van der Waals surface area contributed by atoms with Crippen LogP contribution in [0.1, 0.15) is 47.9 Å². The Morgan fingerprint density at radius 3 is 1.15 bits per heavy atom. The van der Waals surface area contributed by atoms with Crippen LogP contribution in [0.25, 0.3) is 43.6 Å². The summed E-state index contributed by atoms with van der Waals surface area (Å²) in [4.78, 5) is 67.6. The quantitative estimate of drug-likeness (QED) is 0.0554. The van der Waals surface area contributed by atoms with Crippen molar-refractivity contribution in [1.29, 1.82) is 0 Å². The summed E-state index contributed by atoms with van der Waals surface area (Å²) in [7, 11) is 0. The van der Waals surface area contributed by atoms with E-state index in [1.165, 1.54) is 0 Å². The number of hydrogen-bond donors (Lipinski definition) is 4. The minimum absolute atomic E-state index is 0.00966. The minimum atomic E-state index is -1.46. The van der Waals surface area contributed by atoms with Crippen LogP contribution in [0.3, 0.4) is 0 Å². The fourth-order valence-electron chi connectivity index (χ4n) is 8.35. The first kappa shape index (κ1) is 40.3. The van der Waals surface area contributed by atoms with Crippen molar-refractivity contribution in [3.8, 4) is 0 Å². The Bertz CT molecular complexity index is 2670. The molecule has 1 aliphatic rings. The molecule has 4 aromatic carbocycles. The molecule has 13 heteroatoms. The minimum Gasteiger partial charge on any atom is -0.456 e. The maximum absolute atomic E-state index is 13.8. The molecule has 5 heterocycles. The Morgan fingerprint density at radius 2 is 0.758 bits per heavy atom. The second-order valence-electron chi connectivity index (χ2n) is 15.6. The van der Waals surface area contributed by atoms with Gasteiger partial charge in [0.2, 0.25) is 12.4 Å². The fourth-order valence-corrected chi connectivity index (χ4v) is 8.35. The first-order valence-corrected chi connectivity index (χ1v) is 21.0. The third-order valence-corrected chi connectivity index (χ3v) is 11.5. The number of nitrogens with one attached hydrogen (secondary N) is 4. The number of carbonyl (C=O) groups is 4. The van der Waals surface area contributed by atoms with Crippen LogP contribution in [0.15, 0.2) is 122 Å². The van der Waals surface area contributed by atoms with Crippen molar-refractivity contribution < 1.29 is 42.9 Å². The highest BCUT2D eigenvalue weighted by Crippen LogP contribution is 2.29. The molecule has 0 saturated carbocycles. The summed E-state index contributed by atoms with van der Waals surface area (Å²) in [5.74, 6) is -2.44. The zero-order valence-corrected chi connectivity index (χ0v) is 33.9. The summed E-state index contributed by atoms with van der Waals surface area (Å²) >= 11 is 0. The molecule has 0 bridgehead atoms. The third-order valence-electron chi connectivity index (χ3n) is 11.5. The van der Waals surface area contributed by atoms with E-state index in [1.54, 1.807) is 0 Å². The van der Waals surface area contributed by atoms with Gasteiger partial charge in [0.15, 0.2) is 12.2 Å². The molecule has 62 heavy (non-hydrogen) atoms. The van der Waals surface area contributed by atoms with E-state index < -0.39 is 48.5 Å². The molecule has 0 spiro atoms. The van der Waals surface area contributed by atoms with E-state index in [9.17, 15) is 19.2 Å². The monoisotopic (exact) mass is 834 g/mol. The molecule has 4 atom stereocenters. The molecule has 316 valence electrons. The van der Waals surface area contributed by atoms with Gasteiger partial charge in [0.25, 0.3) is 0 Å². The number of hydrogen-bond acceptors (Lipinski definition) is 9. The average Bonchev–Trinajstić information content (AvgIpc) is 4.10. The molecule has 13 nitrogen and oxygen atoms in total. The van der Waals surface area contributed by atoms with E-state index >= 15 is 0 Å². The van der Waals surface area contributed by atoms with Gasteiger partial charge in [0.1, 0.15) is 0 Å². The molecule has 4 aromatic heterocycles. The number of rotatable bonds is 16. The summed E-state index contributed by atoms with van der Waals surface area (Å²) in [6.45, 7) is -0.289. The molecule has 9 rings (SSSR count). The van der Waals surface area contributed by atoms with E-state index in [-0.39, 0.29) is 32.3 Å². The lowest BCUT2D eigenvalue weighted by atomic mass is 10.0. The maximum Gasteiger partial charge on any atom is 0.308 e. The van der Waals surface area contributed by atoms with Crippen molar-refractivity contribution >= 4 is 67.5 Å².